The number of nitrogens with zero attached hydrogens (tertiary/aromatic N) is 2. The van der Waals surface area contributed by atoms with Crippen LogP contribution >= 0.6 is 0 Å². The van der Waals surface area contributed by atoms with E-state index >= 15 is 0 Å². The Labute approximate surface area is 183 Å². The molecule has 0 aromatic heterocycles. The zero-order valence-corrected chi connectivity index (χ0v) is 18.9. The molecular weight excluding hydrogens is 364 g/mol. The zero-order chi connectivity index (χ0) is 21.0. The minimum atomic E-state index is 0.526. The molecule has 2 heteroatoms. The quantitative estimate of drug-likeness (QED) is 0.220. The first-order valence-electron chi connectivity index (χ1n) is 12.1. The van der Waals surface area contributed by atoms with Crippen molar-refractivity contribution in [2.75, 3.05) is 0 Å². The number of unbranched alkanes of at least 4 members (excludes halogenated alkanes) is 3. The Morgan fingerprint density at radius 3 is 2.27 bits per heavy atom. The average Bonchev–Trinajstić information content (AvgIpc) is 2.81. The van der Waals surface area contributed by atoms with Gasteiger partial charge in [0.1, 0.15) is 0 Å². The summed E-state index contributed by atoms with van der Waals surface area (Å²) in [4.78, 5) is 0. The third-order valence-electron chi connectivity index (χ3n) is 6.55. The zero-order valence-electron chi connectivity index (χ0n) is 18.9. The van der Waals surface area contributed by atoms with Crippen molar-refractivity contribution in [3.05, 3.63) is 71.3 Å². The van der Waals surface area contributed by atoms with Gasteiger partial charge in [-0.25, -0.2) is 0 Å². The molecule has 3 rings (SSSR count). The van der Waals surface area contributed by atoms with E-state index in [0.717, 1.165) is 17.2 Å². The molecule has 0 amide bonds. The minimum Gasteiger partial charge on any atom is -0.158 e. The SMILES string of the molecule is CCCCCCc1ccc(C=NN=C(c2ccccc2)C2CCC(CC)CC2)cc1. The van der Waals surface area contributed by atoms with E-state index in [1.807, 2.05) is 6.21 Å². The molecule has 2 aromatic rings. The van der Waals surface area contributed by atoms with Crippen LogP contribution in [-0.2, 0) is 6.42 Å². The molecule has 1 saturated carbocycles. The molecule has 1 aliphatic rings. The lowest BCUT2D eigenvalue weighted by Crippen LogP contribution is -2.22. The second-order valence-corrected chi connectivity index (χ2v) is 8.77. The van der Waals surface area contributed by atoms with Crippen LogP contribution in [0.15, 0.2) is 64.8 Å². The van der Waals surface area contributed by atoms with Crippen LogP contribution in [0.1, 0.15) is 88.3 Å². The normalized spacial score (nSPS) is 20.0. The third kappa shape index (κ3) is 6.93. The van der Waals surface area contributed by atoms with E-state index in [2.05, 4.69) is 73.5 Å². The first-order valence-corrected chi connectivity index (χ1v) is 12.1. The highest BCUT2D eigenvalue weighted by Crippen LogP contribution is 2.33. The summed E-state index contributed by atoms with van der Waals surface area (Å²) < 4.78 is 0. The topological polar surface area (TPSA) is 24.7 Å². The number of hydrogen-bond acceptors (Lipinski definition) is 2. The predicted octanol–water partition coefficient (Wildman–Crippen LogP) is 7.85. The number of hydrogen-bond donors (Lipinski definition) is 0. The van der Waals surface area contributed by atoms with Crippen molar-refractivity contribution in [2.45, 2.75) is 78.1 Å². The second kappa shape index (κ2) is 12.5. The van der Waals surface area contributed by atoms with E-state index in [-0.39, 0.29) is 0 Å². The summed E-state index contributed by atoms with van der Waals surface area (Å²) in [5.74, 6) is 1.42. The monoisotopic (exact) mass is 402 g/mol. The van der Waals surface area contributed by atoms with Crippen molar-refractivity contribution in [1.82, 2.24) is 0 Å². The van der Waals surface area contributed by atoms with Gasteiger partial charge in [-0.15, -0.1) is 0 Å². The van der Waals surface area contributed by atoms with Crippen molar-refractivity contribution in [3.8, 4) is 0 Å². The summed E-state index contributed by atoms with van der Waals surface area (Å²) in [7, 11) is 0. The van der Waals surface area contributed by atoms with Crippen LogP contribution in [-0.4, -0.2) is 11.9 Å². The molecule has 30 heavy (non-hydrogen) atoms. The van der Waals surface area contributed by atoms with Gasteiger partial charge in [0.25, 0.3) is 0 Å². The molecule has 0 atom stereocenters. The number of rotatable bonds is 10. The van der Waals surface area contributed by atoms with E-state index in [9.17, 15) is 0 Å². The van der Waals surface area contributed by atoms with Gasteiger partial charge < -0.3 is 0 Å². The summed E-state index contributed by atoms with van der Waals surface area (Å²) in [6.07, 6.45) is 14.7. The second-order valence-electron chi connectivity index (χ2n) is 8.77. The van der Waals surface area contributed by atoms with Crippen molar-refractivity contribution in [3.63, 3.8) is 0 Å². The molecule has 0 bridgehead atoms. The highest BCUT2D eigenvalue weighted by Gasteiger charge is 2.25. The van der Waals surface area contributed by atoms with Gasteiger partial charge in [0.05, 0.1) is 11.9 Å². The summed E-state index contributed by atoms with van der Waals surface area (Å²) >= 11 is 0. The van der Waals surface area contributed by atoms with Gasteiger partial charge in [-0.05, 0) is 61.1 Å². The molecule has 0 radical (unpaired) electrons. The lowest BCUT2D eigenvalue weighted by Gasteiger charge is -2.28. The maximum atomic E-state index is 4.74. The predicted molar refractivity (Wildman–Crippen MR) is 131 cm³/mol. The molecule has 0 spiro atoms. The van der Waals surface area contributed by atoms with Crippen LogP contribution in [0.2, 0.25) is 0 Å². The van der Waals surface area contributed by atoms with Crippen molar-refractivity contribution in [2.24, 2.45) is 22.0 Å². The first kappa shape index (κ1) is 22.5. The number of aryl methyl sites for hydroxylation is 1. The van der Waals surface area contributed by atoms with Crippen LogP contribution in [0.25, 0.3) is 0 Å². The van der Waals surface area contributed by atoms with E-state index in [0.29, 0.717) is 5.92 Å². The molecule has 2 aromatic carbocycles. The van der Waals surface area contributed by atoms with Gasteiger partial charge in [0.15, 0.2) is 0 Å². The molecule has 1 fully saturated rings. The standard InChI is InChI=1S/C28H38N2/c1-3-5-6-8-11-24-14-16-25(17-15-24)22-29-30-28(26-12-9-7-10-13-26)27-20-18-23(4-2)19-21-27/h7,9-10,12-17,22-23,27H,3-6,8,11,18-21H2,1-2H3. The molecule has 160 valence electrons. The molecule has 2 nitrogen and oxygen atoms in total. The van der Waals surface area contributed by atoms with Gasteiger partial charge in [0, 0.05) is 5.92 Å². The summed E-state index contributed by atoms with van der Waals surface area (Å²) in [5.41, 5.74) is 4.92. The summed E-state index contributed by atoms with van der Waals surface area (Å²) in [5, 5.41) is 9.25. The maximum absolute atomic E-state index is 4.74. The van der Waals surface area contributed by atoms with E-state index in [1.54, 1.807) is 0 Å². The average molecular weight is 403 g/mol. The maximum Gasteiger partial charge on any atom is 0.0733 e. The Morgan fingerprint density at radius 1 is 0.867 bits per heavy atom. The molecule has 0 saturated heterocycles. The third-order valence-corrected chi connectivity index (χ3v) is 6.55. The van der Waals surface area contributed by atoms with Crippen molar-refractivity contribution >= 4 is 11.9 Å². The van der Waals surface area contributed by atoms with Gasteiger partial charge in [-0.1, -0.05) is 94.1 Å². The fourth-order valence-corrected chi connectivity index (χ4v) is 4.51. The number of benzene rings is 2. The Hall–Kier alpha value is -2.22. The smallest absolute Gasteiger partial charge is 0.0733 e. The molecule has 1 aliphatic carbocycles. The molecule has 0 N–H and O–H groups in total. The highest BCUT2D eigenvalue weighted by molar-refractivity contribution is 6.02. The van der Waals surface area contributed by atoms with Crippen LogP contribution in [0, 0.1) is 11.8 Å². The van der Waals surface area contributed by atoms with Crippen LogP contribution in [0.3, 0.4) is 0 Å². The molecule has 0 heterocycles. The van der Waals surface area contributed by atoms with E-state index in [1.165, 1.54) is 75.3 Å². The lowest BCUT2D eigenvalue weighted by atomic mass is 9.77. The fraction of sp³-hybridized carbons (Fsp3) is 0.500. The van der Waals surface area contributed by atoms with Crippen LogP contribution < -0.4 is 0 Å². The van der Waals surface area contributed by atoms with Gasteiger partial charge in [-0.3, -0.25) is 0 Å². The van der Waals surface area contributed by atoms with Crippen molar-refractivity contribution in [1.29, 1.82) is 0 Å². The first-order chi connectivity index (χ1) is 14.8. The summed E-state index contributed by atoms with van der Waals surface area (Å²) in [6, 6.07) is 19.4. The molecular formula is C28H38N2. The van der Waals surface area contributed by atoms with Crippen molar-refractivity contribution < 1.29 is 0 Å². The Kier molecular flexibility index (Phi) is 9.34. The van der Waals surface area contributed by atoms with Gasteiger partial charge >= 0.3 is 0 Å². The van der Waals surface area contributed by atoms with Gasteiger partial charge in [-0.2, -0.15) is 10.2 Å². The summed E-state index contributed by atoms with van der Waals surface area (Å²) in [6.45, 7) is 4.58. The van der Waals surface area contributed by atoms with Gasteiger partial charge in [0.2, 0.25) is 0 Å². The van der Waals surface area contributed by atoms with E-state index in [4.69, 9.17) is 5.10 Å². The Morgan fingerprint density at radius 2 is 1.60 bits per heavy atom. The molecule has 0 aliphatic heterocycles. The fourth-order valence-electron chi connectivity index (χ4n) is 4.51. The Bertz CT molecular complexity index is 781. The Balaban J connectivity index is 1.65. The minimum absolute atomic E-state index is 0.526. The largest absolute Gasteiger partial charge is 0.158 e. The lowest BCUT2D eigenvalue weighted by molar-refractivity contribution is 0.315. The van der Waals surface area contributed by atoms with Crippen LogP contribution in [0.4, 0.5) is 0 Å². The van der Waals surface area contributed by atoms with Crippen LogP contribution in [0.5, 0.6) is 0 Å². The highest BCUT2D eigenvalue weighted by atomic mass is 15.2. The molecule has 0 unspecified atom stereocenters. The van der Waals surface area contributed by atoms with E-state index < -0.39 is 0 Å².